The van der Waals surface area contributed by atoms with Gasteiger partial charge in [0.15, 0.2) is 0 Å². The number of allylic oxidation sites excluding steroid dienone is 1. The lowest BCUT2D eigenvalue weighted by Crippen LogP contribution is -2.61. The number of carbonyl (C=O) groups is 3. The second kappa shape index (κ2) is 5.60. The van der Waals surface area contributed by atoms with Crippen LogP contribution in [-0.2, 0) is 9.59 Å². The molecule has 1 saturated heterocycles. The zero-order chi connectivity index (χ0) is 14.0. The van der Waals surface area contributed by atoms with Gasteiger partial charge in [-0.1, -0.05) is 19.4 Å². The lowest BCUT2D eigenvalue weighted by molar-refractivity contribution is -0.144. The Balaban J connectivity index is 2.45. The molecule has 5 nitrogen and oxygen atoms in total. The van der Waals surface area contributed by atoms with Gasteiger partial charge in [0, 0.05) is 0 Å². The molecule has 1 atom stereocenters. The third-order valence-electron chi connectivity index (χ3n) is 3.95. The third-order valence-corrected chi connectivity index (χ3v) is 4.83. The highest BCUT2D eigenvalue weighted by Crippen LogP contribution is 2.41. The van der Waals surface area contributed by atoms with Crippen molar-refractivity contribution in [2.75, 3.05) is 0 Å². The maximum Gasteiger partial charge on any atom is 0.339 e. The lowest BCUT2D eigenvalue weighted by atomic mass is 9.73. The van der Waals surface area contributed by atoms with Crippen molar-refractivity contribution in [1.82, 2.24) is 8.43 Å². The number of urea groups is 1. The van der Waals surface area contributed by atoms with Gasteiger partial charge in [0.1, 0.15) is 5.41 Å². The topological polar surface area (TPSA) is 66.5 Å². The minimum Gasteiger partial charge on any atom is -0.276 e. The first kappa shape index (κ1) is 14.5. The molecule has 19 heavy (non-hydrogen) atoms. The maximum atomic E-state index is 12.5. The summed E-state index contributed by atoms with van der Waals surface area (Å²) in [5.74, 6) is -0.872. The van der Waals surface area contributed by atoms with Crippen LogP contribution in [0.1, 0.15) is 45.4 Å². The third kappa shape index (κ3) is 2.30. The SMILES string of the molecule is CCC1(C2=CCCCCC2)C(=O)NC(=O)N(I)C1=O. The lowest BCUT2D eigenvalue weighted by Gasteiger charge is -2.37. The van der Waals surface area contributed by atoms with E-state index in [4.69, 9.17) is 0 Å². The van der Waals surface area contributed by atoms with Crippen molar-refractivity contribution in [3.8, 4) is 0 Å². The smallest absolute Gasteiger partial charge is 0.276 e. The van der Waals surface area contributed by atoms with E-state index in [0.29, 0.717) is 6.42 Å². The van der Waals surface area contributed by atoms with Crippen LogP contribution in [-0.4, -0.2) is 21.0 Å². The minimum atomic E-state index is -1.18. The van der Waals surface area contributed by atoms with Crippen LogP contribution in [0.2, 0.25) is 0 Å². The van der Waals surface area contributed by atoms with Crippen LogP contribution < -0.4 is 5.32 Å². The average molecular weight is 376 g/mol. The van der Waals surface area contributed by atoms with Crippen molar-refractivity contribution >= 4 is 40.7 Å². The van der Waals surface area contributed by atoms with Crippen molar-refractivity contribution in [1.29, 1.82) is 0 Å². The van der Waals surface area contributed by atoms with Gasteiger partial charge in [-0.05, 0) is 37.7 Å². The number of hydrogen-bond acceptors (Lipinski definition) is 3. The molecule has 1 heterocycles. The highest BCUT2D eigenvalue weighted by molar-refractivity contribution is 14.1. The molecule has 1 N–H and O–H groups in total. The summed E-state index contributed by atoms with van der Waals surface area (Å²) in [6.07, 6.45) is 7.25. The summed E-state index contributed by atoms with van der Waals surface area (Å²) in [4.78, 5) is 36.3. The molecule has 0 aromatic carbocycles. The molecule has 0 radical (unpaired) electrons. The van der Waals surface area contributed by atoms with Crippen molar-refractivity contribution in [3.05, 3.63) is 11.6 Å². The number of rotatable bonds is 2. The zero-order valence-electron chi connectivity index (χ0n) is 10.9. The summed E-state index contributed by atoms with van der Waals surface area (Å²) in [5.41, 5.74) is -0.302. The van der Waals surface area contributed by atoms with E-state index >= 15 is 0 Å². The highest BCUT2D eigenvalue weighted by Gasteiger charge is 2.54. The van der Waals surface area contributed by atoms with Crippen LogP contribution in [0.3, 0.4) is 0 Å². The van der Waals surface area contributed by atoms with Crippen LogP contribution in [0, 0.1) is 5.41 Å². The van der Waals surface area contributed by atoms with E-state index < -0.39 is 23.3 Å². The summed E-state index contributed by atoms with van der Waals surface area (Å²) in [7, 11) is 0. The Morgan fingerprint density at radius 1 is 1.32 bits per heavy atom. The van der Waals surface area contributed by atoms with Gasteiger partial charge in [-0.25, -0.2) is 7.91 Å². The van der Waals surface area contributed by atoms with Gasteiger partial charge in [0.2, 0.25) is 5.91 Å². The number of hydrogen-bond donors (Lipinski definition) is 1. The molecule has 6 heteroatoms. The molecule has 1 fully saturated rings. The Morgan fingerprint density at radius 3 is 2.74 bits per heavy atom. The van der Waals surface area contributed by atoms with E-state index in [1.54, 1.807) is 22.9 Å². The van der Waals surface area contributed by atoms with E-state index in [2.05, 4.69) is 5.32 Å². The predicted molar refractivity (Wildman–Crippen MR) is 78.3 cm³/mol. The Labute approximate surface area is 126 Å². The van der Waals surface area contributed by atoms with Gasteiger partial charge in [-0.3, -0.25) is 14.9 Å². The first-order chi connectivity index (χ1) is 9.04. The van der Waals surface area contributed by atoms with Crippen molar-refractivity contribution < 1.29 is 14.4 Å². The number of barbiturate groups is 1. The molecule has 0 aromatic rings. The molecule has 2 aliphatic rings. The van der Waals surface area contributed by atoms with Gasteiger partial charge >= 0.3 is 6.03 Å². The predicted octanol–water partition coefficient (Wildman–Crippen LogP) is 2.70. The molecular formula is C13H17IN2O3. The van der Waals surface area contributed by atoms with Crippen molar-refractivity contribution in [2.45, 2.75) is 45.4 Å². The highest BCUT2D eigenvalue weighted by atomic mass is 127. The molecule has 0 aromatic heterocycles. The largest absolute Gasteiger partial charge is 0.339 e. The Bertz CT molecular complexity index is 461. The van der Waals surface area contributed by atoms with Gasteiger partial charge in [0.25, 0.3) is 5.91 Å². The van der Waals surface area contributed by atoms with E-state index in [1.165, 1.54) is 0 Å². The van der Waals surface area contributed by atoms with E-state index in [9.17, 15) is 14.4 Å². The molecule has 1 unspecified atom stereocenters. The Kier molecular flexibility index (Phi) is 4.27. The van der Waals surface area contributed by atoms with Gasteiger partial charge in [0.05, 0.1) is 22.9 Å². The monoisotopic (exact) mass is 376 g/mol. The quantitative estimate of drug-likeness (QED) is 0.349. The molecule has 104 valence electrons. The van der Waals surface area contributed by atoms with Gasteiger partial charge < -0.3 is 0 Å². The van der Waals surface area contributed by atoms with Crippen LogP contribution in [0.25, 0.3) is 0 Å². The molecule has 1 aliphatic heterocycles. The Morgan fingerprint density at radius 2 is 2.05 bits per heavy atom. The van der Waals surface area contributed by atoms with Crippen LogP contribution in [0.4, 0.5) is 4.79 Å². The number of imide groups is 2. The summed E-state index contributed by atoms with van der Waals surface area (Å²) in [6, 6.07) is -0.645. The zero-order valence-corrected chi connectivity index (χ0v) is 13.0. The fourth-order valence-electron chi connectivity index (χ4n) is 2.83. The molecular weight excluding hydrogens is 359 g/mol. The van der Waals surface area contributed by atoms with Crippen molar-refractivity contribution in [3.63, 3.8) is 0 Å². The second-order valence-electron chi connectivity index (χ2n) is 4.93. The number of amides is 4. The normalized spacial score (nSPS) is 28.8. The van der Waals surface area contributed by atoms with Crippen LogP contribution >= 0.6 is 22.9 Å². The molecule has 2 rings (SSSR count). The number of carbonyl (C=O) groups excluding carboxylic acids is 3. The number of nitrogens with zero attached hydrogens (tertiary/aromatic N) is 1. The van der Waals surface area contributed by atoms with Crippen molar-refractivity contribution in [2.24, 2.45) is 5.41 Å². The minimum absolute atomic E-state index is 0.385. The maximum absolute atomic E-state index is 12.5. The molecule has 1 aliphatic carbocycles. The molecule has 0 spiro atoms. The van der Waals surface area contributed by atoms with E-state index in [0.717, 1.165) is 40.8 Å². The first-order valence-corrected chi connectivity index (χ1v) is 7.55. The first-order valence-electron chi connectivity index (χ1n) is 6.59. The van der Waals surface area contributed by atoms with Crippen LogP contribution in [0.15, 0.2) is 11.6 Å². The second-order valence-corrected chi connectivity index (χ2v) is 5.90. The van der Waals surface area contributed by atoms with Crippen LogP contribution in [0.5, 0.6) is 0 Å². The summed E-state index contributed by atoms with van der Waals surface area (Å²) >= 11 is 1.67. The van der Waals surface area contributed by atoms with Gasteiger partial charge in [-0.2, -0.15) is 0 Å². The molecule has 0 bridgehead atoms. The summed E-state index contributed by atoms with van der Waals surface area (Å²) in [6.45, 7) is 1.82. The summed E-state index contributed by atoms with van der Waals surface area (Å²) in [5, 5.41) is 2.30. The fourth-order valence-corrected chi connectivity index (χ4v) is 3.37. The number of halogens is 1. The van der Waals surface area contributed by atoms with E-state index in [1.807, 2.05) is 13.0 Å². The van der Waals surface area contributed by atoms with Gasteiger partial charge in [-0.15, -0.1) is 0 Å². The molecule has 0 saturated carbocycles. The average Bonchev–Trinajstić information content (AvgIpc) is 2.67. The fraction of sp³-hybridized carbons (Fsp3) is 0.615. The standard InChI is InChI=1S/C13H17IN2O3/c1-2-13(9-7-5-3-4-6-8-9)10(17)15-12(19)16(14)11(13)18/h7H,2-6,8H2,1H3,(H,15,17,19). The molecule has 4 amide bonds. The Hall–Kier alpha value is -0.920. The van der Waals surface area contributed by atoms with E-state index in [-0.39, 0.29) is 0 Å². The summed E-state index contributed by atoms with van der Waals surface area (Å²) < 4.78 is 0.994. The number of nitrogens with one attached hydrogen (secondary N) is 1.